The molecule has 76 valence electrons. The minimum Gasteiger partial charge on any atom is -0.445 e. The highest BCUT2D eigenvalue weighted by molar-refractivity contribution is 5.79. The minimum atomic E-state index is -0.362. The summed E-state index contributed by atoms with van der Waals surface area (Å²) >= 11 is 0. The molecule has 1 aromatic carbocycles. The lowest BCUT2D eigenvalue weighted by atomic mass is 10.2. The summed E-state index contributed by atoms with van der Waals surface area (Å²) in [6.07, 6.45) is 0.611. The van der Waals surface area contributed by atoms with Crippen LogP contribution in [0, 0.1) is 17.7 Å². The van der Waals surface area contributed by atoms with Crippen molar-refractivity contribution in [2.75, 3.05) is 6.54 Å². The Morgan fingerprint density at radius 1 is 1.40 bits per heavy atom. The van der Waals surface area contributed by atoms with Crippen molar-refractivity contribution >= 4 is 11.0 Å². The van der Waals surface area contributed by atoms with E-state index in [1.807, 2.05) is 0 Å². The molecule has 0 aliphatic carbocycles. The third-order valence-corrected chi connectivity index (χ3v) is 1.98. The van der Waals surface area contributed by atoms with Crippen molar-refractivity contribution in [2.45, 2.75) is 6.42 Å². The number of halogens is 1. The van der Waals surface area contributed by atoms with Gasteiger partial charge in [-0.05, 0) is 12.0 Å². The van der Waals surface area contributed by atoms with E-state index in [1.54, 1.807) is 18.2 Å². The van der Waals surface area contributed by atoms with Gasteiger partial charge in [-0.25, -0.2) is 4.39 Å². The SMILES string of the molecule is NCCC#Cc1cc2cccc(F)c2o1. The second-order valence-electron chi connectivity index (χ2n) is 3.11. The monoisotopic (exact) mass is 203 g/mol. The van der Waals surface area contributed by atoms with Gasteiger partial charge in [-0.2, -0.15) is 0 Å². The Kier molecular flexibility index (Phi) is 2.70. The van der Waals surface area contributed by atoms with Crippen molar-refractivity contribution in [1.82, 2.24) is 0 Å². The van der Waals surface area contributed by atoms with Crippen LogP contribution in [0.15, 0.2) is 28.7 Å². The van der Waals surface area contributed by atoms with Gasteiger partial charge in [-0.1, -0.05) is 18.1 Å². The van der Waals surface area contributed by atoms with Crippen LogP contribution in [0.2, 0.25) is 0 Å². The molecule has 1 aromatic heterocycles. The molecular weight excluding hydrogens is 193 g/mol. The Labute approximate surface area is 86.9 Å². The lowest BCUT2D eigenvalue weighted by Gasteiger charge is -1.87. The summed E-state index contributed by atoms with van der Waals surface area (Å²) in [6.45, 7) is 0.515. The molecule has 0 unspecified atom stereocenters. The minimum absolute atomic E-state index is 0.259. The smallest absolute Gasteiger partial charge is 0.178 e. The highest BCUT2D eigenvalue weighted by Gasteiger charge is 2.05. The Bertz CT molecular complexity index is 533. The quantitative estimate of drug-likeness (QED) is 0.722. The van der Waals surface area contributed by atoms with Crippen molar-refractivity contribution in [3.05, 3.63) is 35.8 Å². The van der Waals surface area contributed by atoms with E-state index >= 15 is 0 Å². The molecule has 0 atom stereocenters. The van der Waals surface area contributed by atoms with Gasteiger partial charge < -0.3 is 10.2 Å². The number of furan rings is 1. The maximum atomic E-state index is 13.2. The zero-order valence-electron chi connectivity index (χ0n) is 8.09. The maximum absolute atomic E-state index is 13.2. The second kappa shape index (κ2) is 4.16. The zero-order chi connectivity index (χ0) is 10.7. The zero-order valence-corrected chi connectivity index (χ0v) is 8.09. The molecule has 0 aliphatic heterocycles. The first-order chi connectivity index (χ1) is 7.31. The van der Waals surface area contributed by atoms with E-state index in [1.165, 1.54) is 6.07 Å². The van der Waals surface area contributed by atoms with Gasteiger partial charge in [0.1, 0.15) is 0 Å². The highest BCUT2D eigenvalue weighted by atomic mass is 19.1. The van der Waals surface area contributed by atoms with Gasteiger partial charge in [0.05, 0.1) is 0 Å². The van der Waals surface area contributed by atoms with Gasteiger partial charge in [0.25, 0.3) is 0 Å². The predicted molar refractivity (Wildman–Crippen MR) is 56.7 cm³/mol. The van der Waals surface area contributed by atoms with E-state index in [-0.39, 0.29) is 11.4 Å². The largest absolute Gasteiger partial charge is 0.445 e. The van der Waals surface area contributed by atoms with E-state index in [9.17, 15) is 4.39 Å². The molecule has 1 heterocycles. The van der Waals surface area contributed by atoms with Gasteiger partial charge in [-0.3, -0.25) is 0 Å². The van der Waals surface area contributed by atoms with Crippen molar-refractivity contribution in [2.24, 2.45) is 5.73 Å². The molecule has 0 fully saturated rings. The summed E-state index contributed by atoms with van der Waals surface area (Å²) in [6, 6.07) is 6.52. The molecule has 0 saturated carbocycles. The molecule has 2 rings (SSSR count). The Morgan fingerprint density at radius 3 is 3.00 bits per heavy atom. The average molecular weight is 203 g/mol. The number of fused-ring (bicyclic) bond motifs is 1. The number of nitrogens with two attached hydrogens (primary N) is 1. The third kappa shape index (κ3) is 2.00. The number of para-hydroxylation sites is 1. The van der Waals surface area contributed by atoms with E-state index in [2.05, 4.69) is 11.8 Å². The van der Waals surface area contributed by atoms with Crippen molar-refractivity contribution in [1.29, 1.82) is 0 Å². The van der Waals surface area contributed by atoms with Gasteiger partial charge >= 0.3 is 0 Å². The van der Waals surface area contributed by atoms with Crippen LogP contribution < -0.4 is 5.73 Å². The number of benzene rings is 1. The lowest BCUT2D eigenvalue weighted by molar-refractivity contribution is 0.552. The summed E-state index contributed by atoms with van der Waals surface area (Å²) in [5.74, 6) is 5.75. The summed E-state index contributed by atoms with van der Waals surface area (Å²) in [4.78, 5) is 0. The molecule has 0 aliphatic rings. The standard InChI is InChI=1S/C12H10FNO/c13-11-6-3-4-9-8-10(15-12(9)11)5-1-2-7-14/h3-4,6,8H,2,7,14H2. The molecule has 0 radical (unpaired) electrons. The normalized spacial score (nSPS) is 10.0. The van der Waals surface area contributed by atoms with Crippen LogP contribution in [-0.2, 0) is 0 Å². The fourth-order valence-corrected chi connectivity index (χ4v) is 1.31. The van der Waals surface area contributed by atoms with Gasteiger partial charge in [0.2, 0.25) is 0 Å². The highest BCUT2D eigenvalue weighted by Crippen LogP contribution is 2.21. The molecule has 15 heavy (non-hydrogen) atoms. The van der Waals surface area contributed by atoms with Gasteiger partial charge in [-0.15, -0.1) is 0 Å². The summed E-state index contributed by atoms with van der Waals surface area (Å²) in [5.41, 5.74) is 5.56. The molecule has 0 amide bonds. The number of hydrogen-bond donors (Lipinski definition) is 1. The average Bonchev–Trinajstić information content (AvgIpc) is 2.63. The molecule has 0 spiro atoms. The summed E-state index contributed by atoms with van der Waals surface area (Å²) in [7, 11) is 0. The van der Waals surface area contributed by atoms with E-state index in [0.717, 1.165) is 5.39 Å². The van der Waals surface area contributed by atoms with E-state index in [0.29, 0.717) is 18.7 Å². The first kappa shape index (κ1) is 9.75. The van der Waals surface area contributed by atoms with Crippen LogP contribution in [0.1, 0.15) is 12.2 Å². The maximum Gasteiger partial charge on any atom is 0.178 e. The Hall–Kier alpha value is -1.79. The van der Waals surface area contributed by atoms with Crippen LogP contribution in [0.25, 0.3) is 11.0 Å². The molecule has 3 heteroatoms. The van der Waals surface area contributed by atoms with Crippen LogP contribution in [0.5, 0.6) is 0 Å². The van der Waals surface area contributed by atoms with E-state index in [4.69, 9.17) is 10.2 Å². The second-order valence-corrected chi connectivity index (χ2v) is 3.11. The Morgan fingerprint density at radius 2 is 2.27 bits per heavy atom. The van der Waals surface area contributed by atoms with Gasteiger partial charge in [0, 0.05) is 24.4 Å². The third-order valence-electron chi connectivity index (χ3n) is 1.98. The molecule has 0 saturated heterocycles. The molecule has 2 aromatic rings. The lowest BCUT2D eigenvalue weighted by Crippen LogP contribution is -1.95. The summed E-state index contributed by atoms with van der Waals surface area (Å²) < 4.78 is 18.5. The molecule has 0 bridgehead atoms. The fraction of sp³-hybridized carbons (Fsp3) is 0.167. The van der Waals surface area contributed by atoms with Crippen LogP contribution >= 0.6 is 0 Å². The Balaban J connectivity index is 2.40. The molecule has 2 nitrogen and oxygen atoms in total. The first-order valence-corrected chi connectivity index (χ1v) is 4.68. The van der Waals surface area contributed by atoms with Crippen molar-refractivity contribution in [3.8, 4) is 11.8 Å². The van der Waals surface area contributed by atoms with Crippen LogP contribution in [0.4, 0.5) is 4.39 Å². The fourth-order valence-electron chi connectivity index (χ4n) is 1.31. The van der Waals surface area contributed by atoms with Crippen LogP contribution in [0.3, 0.4) is 0 Å². The number of hydrogen-bond acceptors (Lipinski definition) is 2. The van der Waals surface area contributed by atoms with Crippen molar-refractivity contribution < 1.29 is 8.81 Å². The predicted octanol–water partition coefficient (Wildman–Crippen LogP) is 2.27. The molecular formula is C12H10FNO. The topological polar surface area (TPSA) is 39.2 Å². The number of rotatable bonds is 1. The van der Waals surface area contributed by atoms with Crippen molar-refractivity contribution in [3.63, 3.8) is 0 Å². The van der Waals surface area contributed by atoms with E-state index < -0.39 is 0 Å². The summed E-state index contributed by atoms with van der Waals surface area (Å²) in [5, 5.41) is 0.729. The molecule has 2 N–H and O–H groups in total. The first-order valence-electron chi connectivity index (χ1n) is 4.68. The van der Waals surface area contributed by atoms with Crippen LogP contribution in [-0.4, -0.2) is 6.54 Å². The van der Waals surface area contributed by atoms with Gasteiger partial charge in [0.15, 0.2) is 17.2 Å².